The molecule has 178 valence electrons. The van der Waals surface area contributed by atoms with Crippen LogP contribution in [-0.4, -0.2) is 24.8 Å². The van der Waals surface area contributed by atoms with Crippen molar-refractivity contribution < 1.29 is 9.45 Å². The Morgan fingerprint density at radius 1 is 1.26 bits per heavy atom. The molecule has 9 nitrogen and oxygen atoms in total. The van der Waals surface area contributed by atoms with Gasteiger partial charge in [0.1, 0.15) is 0 Å². The Bertz CT molecular complexity index is 1300. The van der Waals surface area contributed by atoms with Crippen LogP contribution < -0.4 is 5.73 Å². The summed E-state index contributed by atoms with van der Waals surface area (Å²) in [6.07, 6.45) is 6.98. The first-order valence-electron chi connectivity index (χ1n) is 11.8. The molecule has 2 aromatic heterocycles. The predicted molar refractivity (Wildman–Crippen MR) is 126 cm³/mol. The summed E-state index contributed by atoms with van der Waals surface area (Å²) in [5, 5.41) is 20.3. The van der Waals surface area contributed by atoms with Crippen molar-refractivity contribution in [2.24, 2.45) is 17.3 Å². The molecule has 4 fully saturated rings. The van der Waals surface area contributed by atoms with Crippen molar-refractivity contribution in [1.82, 2.24) is 19.9 Å². The van der Waals surface area contributed by atoms with E-state index < -0.39 is 4.92 Å². The summed E-state index contributed by atoms with van der Waals surface area (Å²) in [4.78, 5) is 15.8. The molecule has 0 radical (unpaired) electrons. The Hall–Kier alpha value is -2.94. The molecule has 4 bridgehead atoms. The van der Waals surface area contributed by atoms with Crippen LogP contribution >= 0.6 is 11.6 Å². The number of benzene rings is 1. The quantitative estimate of drug-likeness (QED) is 0.299. The third-order valence-corrected chi connectivity index (χ3v) is 8.85. The van der Waals surface area contributed by atoms with Crippen LogP contribution in [0.15, 0.2) is 22.7 Å². The van der Waals surface area contributed by atoms with Gasteiger partial charge in [0.2, 0.25) is 11.7 Å². The molecule has 7 rings (SSSR count). The third kappa shape index (κ3) is 3.16. The Kier molecular flexibility index (Phi) is 4.62. The average Bonchev–Trinajstić information content (AvgIpc) is 3.33. The van der Waals surface area contributed by atoms with E-state index in [2.05, 4.69) is 10.3 Å². The van der Waals surface area contributed by atoms with E-state index in [-0.39, 0.29) is 21.8 Å². The van der Waals surface area contributed by atoms with E-state index in [1.165, 1.54) is 6.42 Å². The van der Waals surface area contributed by atoms with E-state index >= 15 is 0 Å². The number of aromatic nitrogens is 4. The summed E-state index contributed by atoms with van der Waals surface area (Å²) in [6, 6.07) is 5.72. The number of nitro groups is 1. The molecule has 1 aromatic carbocycles. The molecule has 34 heavy (non-hydrogen) atoms. The van der Waals surface area contributed by atoms with Crippen LogP contribution in [0.1, 0.15) is 55.7 Å². The van der Waals surface area contributed by atoms with Gasteiger partial charge in [-0.05, 0) is 86.2 Å². The highest BCUT2D eigenvalue weighted by molar-refractivity contribution is 6.33. The lowest BCUT2D eigenvalue weighted by molar-refractivity contribution is -0.389. The highest BCUT2D eigenvalue weighted by atomic mass is 35.5. The van der Waals surface area contributed by atoms with Crippen LogP contribution in [0.5, 0.6) is 0 Å². The summed E-state index contributed by atoms with van der Waals surface area (Å²) < 4.78 is 7.62. The second kappa shape index (κ2) is 7.28. The SMILES string of the molecule is Cc1c(N)cccc1-c1noc(CC23CC4CC(C2)CC(n2nc([N+](=O)[O-])c(Cl)c2C)(C4)C3)n1. The maximum absolute atomic E-state index is 11.5. The van der Waals surface area contributed by atoms with E-state index in [4.69, 9.17) is 26.8 Å². The van der Waals surface area contributed by atoms with E-state index in [1.54, 1.807) is 0 Å². The number of nitrogens with zero attached hydrogens (tertiary/aromatic N) is 5. The maximum atomic E-state index is 11.5. The first kappa shape index (κ1) is 21.6. The van der Waals surface area contributed by atoms with E-state index in [0.29, 0.717) is 41.4 Å². The smallest absolute Gasteiger partial charge is 0.398 e. The standard InChI is InChI=1S/C24H27ClN6O3/c1-13-17(4-3-5-18(13)26)21-27-19(34-29-21)11-23-7-15-6-16(8-23)10-24(9-15,12-23)30-14(2)20(25)22(28-30)31(32)33/h3-5,15-16H,6-12,26H2,1-2H3. The summed E-state index contributed by atoms with van der Waals surface area (Å²) in [5.74, 6) is 2.06. The van der Waals surface area contributed by atoms with Gasteiger partial charge in [-0.25, -0.2) is 0 Å². The first-order chi connectivity index (χ1) is 16.2. The maximum Gasteiger partial charge on any atom is 0.408 e. The van der Waals surface area contributed by atoms with Gasteiger partial charge in [-0.1, -0.05) is 28.9 Å². The topological polar surface area (TPSA) is 126 Å². The van der Waals surface area contributed by atoms with Crippen molar-refractivity contribution in [3.8, 4) is 11.4 Å². The number of rotatable bonds is 5. The molecule has 4 saturated carbocycles. The molecule has 2 unspecified atom stereocenters. The summed E-state index contributed by atoms with van der Waals surface area (Å²) in [7, 11) is 0. The minimum atomic E-state index is -0.486. The zero-order chi connectivity index (χ0) is 23.8. The molecular weight excluding hydrogens is 456 g/mol. The number of halogens is 1. The fraction of sp³-hybridized carbons (Fsp3) is 0.542. The molecule has 3 aromatic rings. The van der Waals surface area contributed by atoms with Gasteiger partial charge >= 0.3 is 5.82 Å². The molecule has 4 aliphatic rings. The highest BCUT2D eigenvalue weighted by Gasteiger charge is 2.60. The number of anilines is 1. The minimum Gasteiger partial charge on any atom is -0.398 e. The van der Waals surface area contributed by atoms with E-state index in [1.807, 2.05) is 36.7 Å². The van der Waals surface area contributed by atoms with Gasteiger partial charge in [-0.3, -0.25) is 0 Å². The normalized spacial score (nSPS) is 29.6. The Morgan fingerprint density at radius 2 is 2.00 bits per heavy atom. The molecule has 10 heteroatoms. The molecule has 4 aliphatic carbocycles. The fourth-order valence-corrected chi connectivity index (χ4v) is 7.74. The molecular formula is C24H27ClN6O3. The van der Waals surface area contributed by atoms with Crippen LogP contribution in [0.3, 0.4) is 0 Å². The summed E-state index contributed by atoms with van der Waals surface area (Å²) in [6.45, 7) is 3.80. The molecule has 2 heterocycles. The van der Waals surface area contributed by atoms with Crippen molar-refractivity contribution in [1.29, 1.82) is 0 Å². The lowest BCUT2D eigenvalue weighted by atomic mass is 9.46. The average molecular weight is 483 g/mol. The second-order valence-electron chi connectivity index (χ2n) is 10.8. The Balaban J connectivity index is 1.34. The molecule has 2 N–H and O–H groups in total. The van der Waals surface area contributed by atoms with Crippen molar-refractivity contribution in [3.05, 3.63) is 50.5 Å². The van der Waals surface area contributed by atoms with Gasteiger partial charge in [-0.2, -0.15) is 9.67 Å². The zero-order valence-corrected chi connectivity index (χ0v) is 20.0. The van der Waals surface area contributed by atoms with Gasteiger partial charge in [0.25, 0.3) is 0 Å². The van der Waals surface area contributed by atoms with Gasteiger partial charge < -0.3 is 20.4 Å². The lowest BCUT2D eigenvalue weighted by Gasteiger charge is -2.61. The molecule has 0 saturated heterocycles. The number of nitrogens with two attached hydrogens (primary N) is 1. The summed E-state index contributed by atoms with van der Waals surface area (Å²) in [5.41, 5.74) is 9.04. The summed E-state index contributed by atoms with van der Waals surface area (Å²) >= 11 is 6.33. The van der Waals surface area contributed by atoms with Gasteiger partial charge in [-0.15, -0.1) is 0 Å². The monoisotopic (exact) mass is 482 g/mol. The van der Waals surface area contributed by atoms with Crippen LogP contribution in [-0.2, 0) is 12.0 Å². The van der Waals surface area contributed by atoms with Gasteiger partial charge in [0, 0.05) is 17.7 Å². The van der Waals surface area contributed by atoms with Crippen LogP contribution in [0, 0.1) is 41.2 Å². The molecule has 0 amide bonds. The molecule has 0 spiro atoms. The van der Waals surface area contributed by atoms with Crippen LogP contribution in [0.4, 0.5) is 11.5 Å². The van der Waals surface area contributed by atoms with Crippen molar-refractivity contribution in [3.63, 3.8) is 0 Å². The van der Waals surface area contributed by atoms with Crippen LogP contribution in [0.2, 0.25) is 5.02 Å². The Morgan fingerprint density at radius 3 is 2.68 bits per heavy atom. The zero-order valence-electron chi connectivity index (χ0n) is 19.3. The second-order valence-corrected chi connectivity index (χ2v) is 11.2. The van der Waals surface area contributed by atoms with Gasteiger partial charge in [0.15, 0.2) is 5.02 Å². The van der Waals surface area contributed by atoms with E-state index in [0.717, 1.165) is 43.2 Å². The lowest BCUT2D eigenvalue weighted by Crippen LogP contribution is -2.57. The largest absolute Gasteiger partial charge is 0.408 e. The third-order valence-electron chi connectivity index (χ3n) is 8.41. The first-order valence-corrected chi connectivity index (χ1v) is 12.1. The Labute approximate surface area is 201 Å². The molecule has 0 aliphatic heterocycles. The number of hydrogen-bond acceptors (Lipinski definition) is 7. The number of hydrogen-bond donors (Lipinski definition) is 1. The van der Waals surface area contributed by atoms with E-state index in [9.17, 15) is 10.1 Å². The minimum absolute atomic E-state index is 0.0122. The molecule has 2 atom stereocenters. The fourth-order valence-electron chi connectivity index (χ4n) is 7.56. The van der Waals surface area contributed by atoms with Crippen molar-refractivity contribution in [2.45, 2.75) is 64.3 Å². The number of nitrogen functional groups attached to an aromatic ring is 1. The predicted octanol–water partition coefficient (Wildman–Crippen LogP) is 5.23. The van der Waals surface area contributed by atoms with Crippen molar-refractivity contribution >= 4 is 23.1 Å². The van der Waals surface area contributed by atoms with Crippen LogP contribution in [0.25, 0.3) is 11.4 Å². The highest BCUT2D eigenvalue weighted by Crippen LogP contribution is 2.65. The van der Waals surface area contributed by atoms with Crippen molar-refractivity contribution in [2.75, 3.05) is 5.73 Å². The van der Waals surface area contributed by atoms with Gasteiger partial charge in [0.05, 0.1) is 16.3 Å².